The molecule has 1 aliphatic rings. The van der Waals surface area contributed by atoms with Gasteiger partial charge in [0.05, 0.1) is 24.4 Å². The number of anilines is 2. The molecule has 3 aromatic rings. The molecule has 1 fully saturated rings. The van der Waals surface area contributed by atoms with Crippen molar-refractivity contribution < 1.29 is 28.2 Å². The summed E-state index contributed by atoms with van der Waals surface area (Å²) >= 11 is 3.47. The van der Waals surface area contributed by atoms with Crippen molar-refractivity contribution >= 4 is 45.1 Å². The van der Waals surface area contributed by atoms with Crippen LogP contribution in [0.5, 0.6) is 5.75 Å². The number of benzene rings is 3. The zero-order chi connectivity index (χ0) is 27.9. The van der Waals surface area contributed by atoms with Crippen LogP contribution in [0.4, 0.5) is 20.6 Å². The molecule has 0 spiro atoms. The lowest BCUT2D eigenvalue weighted by atomic mass is 10.0. The van der Waals surface area contributed by atoms with E-state index in [2.05, 4.69) is 31.3 Å². The Morgan fingerprint density at radius 1 is 1.03 bits per heavy atom. The minimum absolute atomic E-state index is 0.0386. The summed E-state index contributed by atoms with van der Waals surface area (Å²) in [4.78, 5) is 38.8. The number of carbonyl (C=O) groups is 3. The second kappa shape index (κ2) is 12.9. The fraction of sp³-hybridized carbons (Fsp3) is 0.276. The van der Waals surface area contributed by atoms with E-state index in [0.29, 0.717) is 27.2 Å². The topological polar surface area (TPSA) is 97.0 Å². The van der Waals surface area contributed by atoms with Gasteiger partial charge in [-0.05, 0) is 76.4 Å². The van der Waals surface area contributed by atoms with Gasteiger partial charge in [-0.1, -0.05) is 24.3 Å². The van der Waals surface area contributed by atoms with Crippen molar-refractivity contribution in [2.45, 2.75) is 32.0 Å². The van der Waals surface area contributed by atoms with Crippen LogP contribution in [0.3, 0.4) is 0 Å². The van der Waals surface area contributed by atoms with E-state index in [1.807, 2.05) is 31.2 Å². The molecule has 10 heteroatoms. The van der Waals surface area contributed by atoms with E-state index in [-0.39, 0.29) is 37.9 Å². The Bertz CT molecular complexity index is 1350. The lowest BCUT2D eigenvalue weighted by Gasteiger charge is -2.23. The Labute approximate surface area is 234 Å². The van der Waals surface area contributed by atoms with Gasteiger partial charge >= 0.3 is 12.0 Å². The molecule has 0 aromatic heterocycles. The van der Waals surface area contributed by atoms with Crippen molar-refractivity contribution in [1.82, 2.24) is 4.90 Å². The second-order valence-electron chi connectivity index (χ2n) is 9.26. The van der Waals surface area contributed by atoms with Crippen LogP contribution in [0.25, 0.3) is 0 Å². The Morgan fingerprint density at radius 2 is 1.74 bits per heavy atom. The molecule has 2 N–H and O–H groups in total. The Hall–Kier alpha value is -3.76. The monoisotopic (exact) mass is 597 g/mol. The maximum Gasteiger partial charge on any atom is 0.337 e. The molecule has 0 radical (unpaired) electrons. The number of alkyl halides is 1. The number of hydrogen-bond acceptors (Lipinski definition) is 6. The summed E-state index contributed by atoms with van der Waals surface area (Å²) in [5, 5.41) is 5.61. The molecule has 8 nitrogen and oxygen atoms in total. The zero-order valence-corrected chi connectivity index (χ0v) is 23.2. The number of aryl methyl sites for hydroxylation is 1. The summed E-state index contributed by atoms with van der Waals surface area (Å²) in [5.74, 6) is -0.0765. The third kappa shape index (κ3) is 7.42. The average Bonchev–Trinajstić information content (AvgIpc) is 3.30. The highest BCUT2D eigenvalue weighted by Gasteiger charge is 2.37. The number of nitrogens with zero attached hydrogens (tertiary/aromatic N) is 1. The van der Waals surface area contributed by atoms with Gasteiger partial charge < -0.3 is 20.1 Å². The number of amides is 2. The minimum atomic E-state index is -1.13. The second-order valence-corrected chi connectivity index (χ2v) is 10.1. The van der Waals surface area contributed by atoms with Gasteiger partial charge in [0.15, 0.2) is 5.78 Å². The van der Waals surface area contributed by atoms with Crippen LogP contribution in [0.1, 0.15) is 27.9 Å². The third-order valence-corrected chi connectivity index (χ3v) is 7.11. The van der Waals surface area contributed by atoms with Crippen LogP contribution in [-0.4, -0.2) is 55.3 Å². The molecular weight excluding hydrogens is 569 g/mol. The van der Waals surface area contributed by atoms with Crippen molar-refractivity contribution in [3.8, 4) is 5.75 Å². The molecule has 4 rings (SSSR count). The molecule has 2 atom stereocenters. The molecule has 0 aliphatic carbocycles. The van der Waals surface area contributed by atoms with Crippen LogP contribution in [0, 0.1) is 6.92 Å². The smallest absolute Gasteiger partial charge is 0.337 e. The normalized spacial score (nSPS) is 16.9. The number of hydrogen-bond donors (Lipinski definition) is 2. The molecule has 0 bridgehead atoms. The van der Waals surface area contributed by atoms with E-state index in [4.69, 9.17) is 4.74 Å². The summed E-state index contributed by atoms with van der Waals surface area (Å²) in [6.45, 7) is 2.04. The number of carbonyl (C=O) groups excluding carboxylic acids is 3. The van der Waals surface area contributed by atoms with Crippen molar-refractivity contribution in [2.75, 3.05) is 31.0 Å². The highest BCUT2D eigenvalue weighted by Crippen LogP contribution is 2.27. The third-order valence-electron chi connectivity index (χ3n) is 6.45. The van der Waals surface area contributed by atoms with Gasteiger partial charge in [0.1, 0.15) is 18.7 Å². The summed E-state index contributed by atoms with van der Waals surface area (Å²) < 4.78 is 25.4. The molecule has 3 aromatic carbocycles. The van der Waals surface area contributed by atoms with Crippen LogP contribution < -0.4 is 15.4 Å². The number of Topliss-reactive ketones (excluding diaryl/α,β-unsaturated/α-hetero) is 1. The molecular formula is C29H29BrFN3O5. The summed E-state index contributed by atoms with van der Waals surface area (Å²) in [6, 6.07) is 18.1. The Balaban J connectivity index is 1.33. The van der Waals surface area contributed by atoms with Gasteiger partial charge in [0.25, 0.3) is 0 Å². The Morgan fingerprint density at radius 3 is 2.44 bits per heavy atom. The van der Waals surface area contributed by atoms with Gasteiger partial charge in [-0.25, -0.2) is 14.0 Å². The number of methoxy groups -OCH3 is 1. The number of ether oxygens (including phenoxy) is 2. The summed E-state index contributed by atoms with van der Waals surface area (Å²) in [7, 11) is 1.31. The quantitative estimate of drug-likeness (QED) is 0.305. The highest BCUT2D eigenvalue weighted by molar-refractivity contribution is 9.10. The van der Waals surface area contributed by atoms with Crippen molar-refractivity contribution in [2.24, 2.45) is 0 Å². The van der Waals surface area contributed by atoms with Gasteiger partial charge in [-0.2, -0.15) is 0 Å². The highest BCUT2D eigenvalue weighted by atomic mass is 79.9. The first kappa shape index (κ1) is 28.3. The van der Waals surface area contributed by atoms with E-state index in [1.54, 1.807) is 47.4 Å². The number of likely N-dealkylation sites (tertiary alicyclic amines) is 1. The van der Waals surface area contributed by atoms with Gasteiger partial charge in [0, 0.05) is 29.5 Å². The first-order valence-corrected chi connectivity index (χ1v) is 13.2. The molecule has 1 aliphatic heterocycles. The van der Waals surface area contributed by atoms with Gasteiger partial charge in [-0.3, -0.25) is 9.69 Å². The largest absolute Gasteiger partial charge is 0.478 e. The van der Waals surface area contributed by atoms with E-state index in [1.165, 1.54) is 7.11 Å². The van der Waals surface area contributed by atoms with E-state index >= 15 is 0 Å². The Kier molecular flexibility index (Phi) is 9.32. The molecule has 0 saturated carbocycles. The van der Waals surface area contributed by atoms with E-state index < -0.39 is 18.2 Å². The van der Waals surface area contributed by atoms with Crippen LogP contribution in [-0.2, 0) is 16.0 Å². The van der Waals surface area contributed by atoms with Gasteiger partial charge in [-0.15, -0.1) is 0 Å². The number of ketones is 1. The molecule has 39 heavy (non-hydrogen) atoms. The zero-order valence-electron chi connectivity index (χ0n) is 21.6. The number of esters is 1. The van der Waals surface area contributed by atoms with Crippen LogP contribution in [0.15, 0.2) is 71.2 Å². The number of halogens is 2. The molecule has 2 amide bonds. The SMILES string of the molecule is COC(=O)c1ccc(OCN2C[C@@H](F)C[C@H]2C(=O)Cc2ccc(NC(=O)Nc3ccccc3C)c(Br)c2)cc1. The summed E-state index contributed by atoms with van der Waals surface area (Å²) in [6.07, 6.45) is -0.923. The molecule has 1 heterocycles. The van der Waals surface area contributed by atoms with E-state index in [0.717, 1.165) is 11.1 Å². The first-order chi connectivity index (χ1) is 18.7. The predicted molar refractivity (Wildman–Crippen MR) is 150 cm³/mol. The fourth-order valence-corrected chi connectivity index (χ4v) is 4.89. The maximum absolute atomic E-state index is 14.3. The van der Waals surface area contributed by atoms with Gasteiger partial charge in [0.2, 0.25) is 0 Å². The number of para-hydroxylation sites is 1. The molecule has 1 saturated heterocycles. The molecule has 0 unspecified atom stereocenters. The lowest BCUT2D eigenvalue weighted by molar-refractivity contribution is -0.123. The first-order valence-electron chi connectivity index (χ1n) is 12.4. The van der Waals surface area contributed by atoms with Crippen molar-refractivity contribution in [3.63, 3.8) is 0 Å². The van der Waals surface area contributed by atoms with Crippen LogP contribution in [0.2, 0.25) is 0 Å². The minimum Gasteiger partial charge on any atom is -0.478 e. The predicted octanol–water partition coefficient (Wildman–Crippen LogP) is 5.75. The number of urea groups is 1. The van der Waals surface area contributed by atoms with E-state index in [9.17, 15) is 18.8 Å². The maximum atomic E-state index is 14.3. The molecule has 204 valence electrons. The number of rotatable bonds is 9. The fourth-order valence-electron chi connectivity index (χ4n) is 4.37. The summed E-state index contributed by atoms with van der Waals surface area (Å²) in [5.41, 5.74) is 3.33. The lowest BCUT2D eigenvalue weighted by Crippen LogP contribution is -2.39. The van der Waals surface area contributed by atoms with Crippen molar-refractivity contribution in [3.05, 3.63) is 87.9 Å². The average molecular weight is 598 g/mol. The van der Waals surface area contributed by atoms with Crippen molar-refractivity contribution in [1.29, 1.82) is 0 Å². The number of nitrogens with one attached hydrogen (secondary N) is 2. The van der Waals surface area contributed by atoms with Crippen LogP contribution >= 0.6 is 15.9 Å². The standard InChI is InChI=1S/C29H29BrFN3O5/c1-18-5-3-4-6-24(18)32-29(37)33-25-12-7-19(13-23(25)30)14-27(35)26-15-21(31)16-34(26)17-39-22-10-8-20(9-11-22)28(36)38-2/h3-13,21,26H,14-17H2,1-2H3,(H2,32,33,37)/t21-,26-/m0/s1.